The molecule has 2 rings (SSSR count). The van der Waals surface area contributed by atoms with E-state index < -0.39 is 0 Å². The SMILES string of the molecule is CCNC(=O)c1ccc(C)c(NC(=O)C2CCCC(N)C2)c1.Cl. The Morgan fingerprint density at radius 3 is 2.70 bits per heavy atom. The van der Waals surface area contributed by atoms with Gasteiger partial charge >= 0.3 is 0 Å². The lowest BCUT2D eigenvalue weighted by Gasteiger charge is -2.26. The van der Waals surface area contributed by atoms with E-state index in [1.807, 2.05) is 19.9 Å². The molecule has 1 aromatic rings. The maximum atomic E-state index is 12.4. The van der Waals surface area contributed by atoms with Crippen LogP contribution in [-0.4, -0.2) is 24.4 Å². The number of halogens is 1. The van der Waals surface area contributed by atoms with Crippen LogP contribution in [0, 0.1) is 12.8 Å². The average molecular weight is 340 g/mol. The molecule has 128 valence electrons. The van der Waals surface area contributed by atoms with Crippen LogP contribution in [0.1, 0.15) is 48.5 Å². The molecular weight excluding hydrogens is 314 g/mol. The Hall–Kier alpha value is -1.59. The van der Waals surface area contributed by atoms with Gasteiger partial charge < -0.3 is 16.4 Å². The fourth-order valence-electron chi connectivity index (χ4n) is 2.86. The van der Waals surface area contributed by atoms with Gasteiger partial charge in [-0.3, -0.25) is 9.59 Å². The van der Waals surface area contributed by atoms with Crippen molar-refractivity contribution < 1.29 is 9.59 Å². The third-order valence-corrected chi connectivity index (χ3v) is 4.18. The third-order valence-electron chi connectivity index (χ3n) is 4.18. The van der Waals surface area contributed by atoms with Crippen molar-refractivity contribution in [3.05, 3.63) is 29.3 Å². The van der Waals surface area contributed by atoms with Crippen LogP contribution in [0.4, 0.5) is 5.69 Å². The van der Waals surface area contributed by atoms with Crippen LogP contribution in [0.3, 0.4) is 0 Å². The van der Waals surface area contributed by atoms with Crippen molar-refractivity contribution in [2.45, 2.75) is 45.6 Å². The Balaban J connectivity index is 0.00000264. The largest absolute Gasteiger partial charge is 0.352 e. The maximum absolute atomic E-state index is 12.4. The number of aryl methyl sites for hydroxylation is 1. The van der Waals surface area contributed by atoms with E-state index in [1.54, 1.807) is 12.1 Å². The summed E-state index contributed by atoms with van der Waals surface area (Å²) in [6.07, 6.45) is 3.61. The van der Waals surface area contributed by atoms with Crippen LogP contribution in [0.25, 0.3) is 0 Å². The van der Waals surface area contributed by atoms with Crippen molar-refractivity contribution in [2.24, 2.45) is 11.7 Å². The highest BCUT2D eigenvalue weighted by atomic mass is 35.5. The molecule has 1 aliphatic carbocycles. The van der Waals surface area contributed by atoms with Crippen molar-refractivity contribution in [3.63, 3.8) is 0 Å². The molecule has 0 aliphatic heterocycles. The van der Waals surface area contributed by atoms with Gasteiger partial charge in [-0.2, -0.15) is 0 Å². The van der Waals surface area contributed by atoms with Crippen LogP contribution in [0.15, 0.2) is 18.2 Å². The first kappa shape index (κ1) is 19.5. The fourth-order valence-corrected chi connectivity index (χ4v) is 2.86. The molecular formula is C17H26ClN3O2. The van der Waals surface area contributed by atoms with E-state index >= 15 is 0 Å². The van der Waals surface area contributed by atoms with Gasteiger partial charge in [-0.1, -0.05) is 12.5 Å². The molecule has 2 atom stereocenters. The van der Waals surface area contributed by atoms with Gasteiger partial charge in [0.25, 0.3) is 5.91 Å². The molecule has 0 spiro atoms. The summed E-state index contributed by atoms with van der Waals surface area (Å²) < 4.78 is 0. The Morgan fingerprint density at radius 1 is 1.30 bits per heavy atom. The number of rotatable bonds is 4. The van der Waals surface area contributed by atoms with E-state index in [4.69, 9.17) is 5.73 Å². The normalized spacial score (nSPS) is 20.3. The summed E-state index contributed by atoms with van der Waals surface area (Å²) in [6.45, 7) is 4.37. The molecule has 5 nitrogen and oxygen atoms in total. The van der Waals surface area contributed by atoms with Crippen LogP contribution < -0.4 is 16.4 Å². The second-order valence-electron chi connectivity index (χ2n) is 6.00. The molecule has 1 fully saturated rings. The zero-order chi connectivity index (χ0) is 16.1. The average Bonchev–Trinajstić information content (AvgIpc) is 2.49. The van der Waals surface area contributed by atoms with Gasteiger partial charge in [0.1, 0.15) is 0 Å². The highest BCUT2D eigenvalue weighted by molar-refractivity contribution is 5.98. The zero-order valence-corrected chi connectivity index (χ0v) is 14.5. The molecule has 0 radical (unpaired) electrons. The summed E-state index contributed by atoms with van der Waals surface area (Å²) in [6, 6.07) is 5.48. The lowest BCUT2D eigenvalue weighted by molar-refractivity contribution is -0.120. The lowest BCUT2D eigenvalue weighted by Crippen LogP contribution is -2.34. The summed E-state index contributed by atoms with van der Waals surface area (Å²) in [7, 11) is 0. The third kappa shape index (κ3) is 5.22. The Morgan fingerprint density at radius 2 is 2.04 bits per heavy atom. The zero-order valence-electron chi connectivity index (χ0n) is 13.7. The minimum atomic E-state index is -0.127. The Kier molecular flexibility index (Phi) is 7.52. The van der Waals surface area contributed by atoms with Gasteiger partial charge in [0.05, 0.1) is 0 Å². The molecule has 2 amide bonds. The molecule has 0 heterocycles. The molecule has 2 unspecified atom stereocenters. The second-order valence-corrected chi connectivity index (χ2v) is 6.00. The van der Waals surface area contributed by atoms with E-state index in [0.29, 0.717) is 17.8 Å². The van der Waals surface area contributed by atoms with Crippen LogP contribution in [0.5, 0.6) is 0 Å². The van der Waals surface area contributed by atoms with Crippen molar-refractivity contribution in [1.82, 2.24) is 5.32 Å². The van der Waals surface area contributed by atoms with Crippen molar-refractivity contribution in [2.75, 3.05) is 11.9 Å². The minimum Gasteiger partial charge on any atom is -0.352 e. The van der Waals surface area contributed by atoms with E-state index in [-0.39, 0.29) is 36.2 Å². The van der Waals surface area contributed by atoms with Gasteiger partial charge in [-0.15, -0.1) is 12.4 Å². The lowest BCUT2D eigenvalue weighted by atomic mass is 9.85. The Labute approximate surface area is 143 Å². The van der Waals surface area contributed by atoms with Gasteiger partial charge in [-0.25, -0.2) is 0 Å². The number of amides is 2. The number of nitrogens with two attached hydrogens (primary N) is 1. The number of carbonyl (C=O) groups is 2. The summed E-state index contributed by atoms with van der Waals surface area (Å²) in [5.74, 6) is -0.153. The van der Waals surface area contributed by atoms with E-state index in [9.17, 15) is 9.59 Å². The number of hydrogen-bond acceptors (Lipinski definition) is 3. The topological polar surface area (TPSA) is 84.2 Å². The summed E-state index contributed by atoms with van der Waals surface area (Å²) in [5.41, 5.74) is 8.16. The van der Waals surface area contributed by atoms with Crippen molar-refractivity contribution >= 4 is 29.9 Å². The number of benzene rings is 1. The van der Waals surface area contributed by atoms with Gasteiger partial charge in [0.15, 0.2) is 0 Å². The smallest absolute Gasteiger partial charge is 0.251 e. The van der Waals surface area contributed by atoms with Crippen molar-refractivity contribution in [1.29, 1.82) is 0 Å². The van der Waals surface area contributed by atoms with E-state index in [1.165, 1.54) is 0 Å². The minimum absolute atomic E-state index is 0. The molecule has 4 N–H and O–H groups in total. The molecule has 0 saturated heterocycles. The monoisotopic (exact) mass is 339 g/mol. The van der Waals surface area contributed by atoms with E-state index in [0.717, 1.165) is 31.2 Å². The molecule has 1 aliphatic rings. The summed E-state index contributed by atoms with van der Waals surface area (Å²) in [5, 5.41) is 5.73. The standard InChI is InChI=1S/C17H25N3O2.ClH/c1-3-19-16(21)13-8-7-11(2)15(10-13)20-17(22)12-5-4-6-14(18)9-12;/h7-8,10,12,14H,3-6,9,18H2,1-2H3,(H,19,21)(H,20,22);1H. The van der Waals surface area contributed by atoms with Crippen LogP contribution >= 0.6 is 12.4 Å². The predicted molar refractivity (Wildman–Crippen MR) is 95.0 cm³/mol. The van der Waals surface area contributed by atoms with E-state index in [2.05, 4.69) is 10.6 Å². The fraction of sp³-hybridized carbons (Fsp3) is 0.529. The molecule has 1 saturated carbocycles. The van der Waals surface area contributed by atoms with Crippen LogP contribution in [-0.2, 0) is 4.79 Å². The van der Waals surface area contributed by atoms with Gasteiger partial charge in [-0.05, 0) is 50.8 Å². The number of hydrogen-bond donors (Lipinski definition) is 3. The first-order chi connectivity index (χ1) is 10.5. The quantitative estimate of drug-likeness (QED) is 0.788. The number of anilines is 1. The summed E-state index contributed by atoms with van der Waals surface area (Å²) in [4.78, 5) is 24.3. The second kappa shape index (κ2) is 8.89. The van der Waals surface area contributed by atoms with Gasteiger partial charge in [0.2, 0.25) is 5.91 Å². The highest BCUT2D eigenvalue weighted by Gasteiger charge is 2.25. The molecule has 0 bridgehead atoms. The molecule has 0 aromatic heterocycles. The summed E-state index contributed by atoms with van der Waals surface area (Å²) >= 11 is 0. The Bertz CT molecular complexity index is 563. The molecule has 6 heteroatoms. The predicted octanol–water partition coefficient (Wildman–Crippen LogP) is 2.62. The number of nitrogens with one attached hydrogen (secondary N) is 2. The van der Waals surface area contributed by atoms with Crippen molar-refractivity contribution in [3.8, 4) is 0 Å². The van der Waals surface area contributed by atoms with Gasteiger partial charge in [0, 0.05) is 29.8 Å². The maximum Gasteiger partial charge on any atom is 0.251 e. The highest BCUT2D eigenvalue weighted by Crippen LogP contribution is 2.25. The van der Waals surface area contributed by atoms with Crippen LogP contribution in [0.2, 0.25) is 0 Å². The molecule has 1 aromatic carbocycles. The first-order valence-corrected chi connectivity index (χ1v) is 7.96. The first-order valence-electron chi connectivity index (χ1n) is 7.96. The molecule has 23 heavy (non-hydrogen) atoms. The number of carbonyl (C=O) groups excluding carboxylic acids is 2.